The molecule has 28 heavy (non-hydrogen) atoms. The first-order valence-electron chi connectivity index (χ1n) is 9.26. The number of benzene rings is 2. The Hall–Kier alpha value is -2.70. The summed E-state index contributed by atoms with van der Waals surface area (Å²) in [5.74, 6) is -1.22. The number of ether oxygens (including phenoxy) is 3. The van der Waals surface area contributed by atoms with Crippen molar-refractivity contribution < 1.29 is 28.9 Å². The van der Waals surface area contributed by atoms with Gasteiger partial charge in [-0.3, -0.25) is 9.59 Å². The van der Waals surface area contributed by atoms with Gasteiger partial charge >= 0.3 is 0 Å². The van der Waals surface area contributed by atoms with Gasteiger partial charge in [0.15, 0.2) is 11.6 Å². The molecule has 1 fully saturated rings. The molecule has 0 atom stereocenters. The van der Waals surface area contributed by atoms with Gasteiger partial charge in [-0.25, -0.2) is 0 Å². The van der Waals surface area contributed by atoms with Crippen molar-refractivity contribution in [2.45, 2.75) is 32.5 Å². The number of ketones is 2. The van der Waals surface area contributed by atoms with E-state index in [0.29, 0.717) is 42.9 Å². The first-order valence-corrected chi connectivity index (χ1v) is 9.26. The number of aryl methyl sites for hydroxylation is 1. The van der Waals surface area contributed by atoms with Crippen molar-refractivity contribution in [1.82, 2.24) is 0 Å². The van der Waals surface area contributed by atoms with Gasteiger partial charge in [-0.05, 0) is 43.5 Å². The molecule has 1 heterocycles. The Morgan fingerprint density at radius 1 is 1.11 bits per heavy atom. The molecule has 0 spiro atoms. The van der Waals surface area contributed by atoms with E-state index in [1.165, 1.54) is 7.11 Å². The standard InChI is InChI=1S/C22H22O6/c1-12-11-15-18(20(24)13(12)7-8-22(2)27-9-10-28-22)21(25)17-14(19(15)23)5-4-6-16(17)26-3/h4-6,11,24H,7-10H2,1-3H3. The maximum Gasteiger partial charge on any atom is 0.201 e. The minimum absolute atomic E-state index is 0.0426. The van der Waals surface area contributed by atoms with Gasteiger partial charge in [-0.2, -0.15) is 0 Å². The van der Waals surface area contributed by atoms with Crippen LogP contribution in [0, 0.1) is 6.92 Å². The predicted octanol–water partition coefficient (Wildman–Crippen LogP) is 3.18. The maximum absolute atomic E-state index is 13.2. The zero-order valence-corrected chi connectivity index (χ0v) is 16.1. The second kappa shape index (κ2) is 6.72. The first kappa shape index (κ1) is 18.7. The van der Waals surface area contributed by atoms with E-state index in [1.807, 2.05) is 13.8 Å². The van der Waals surface area contributed by atoms with Gasteiger partial charge in [0.1, 0.15) is 11.5 Å². The van der Waals surface area contributed by atoms with E-state index < -0.39 is 11.6 Å². The highest BCUT2D eigenvalue weighted by molar-refractivity contribution is 6.30. The lowest BCUT2D eigenvalue weighted by atomic mass is 9.80. The van der Waals surface area contributed by atoms with Gasteiger partial charge in [0, 0.05) is 17.5 Å². The minimum Gasteiger partial charge on any atom is -0.507 e. The molecule has 1 saturated heterocycles. The number of hydrogen-bond acceptors (Lipinski definition) is 6. The third kappa shape index (κ3) is 2.80. The van der Waals surface area contributed by atoms with Gasteiger partial charge in [0.2, 0.25) is 5.78 Å². The van der Waals surface area contributed by atoms with Crippen LogP contribution in [0.2, 0.25) is 0 Å². The summed E-state index contributed by atoms with van der Waals surface area (Å²) in [6, 6.07) is 6.61. The third-order valence-corrected chi connectivity index (χ3v) is 5.55. The molecule has 0 bridgehead atoms. The van der Waals surface area contributed by atoms with Crippen LogP contribution in [0.3, 0.4) is 0 Å². The fourth-order valence-electron chi connectivity index (χ4n) is 4.01. The van der Waals surface area contributed by atoms with Crippen molar-refractivity contribution in [2.75, 3.05) is 20.3 Å². The summed E-state index contributed by atoms with van der Waals surface area (Å²) in [6.07, 6.45) is 0.990. The number of methoxy groups -OCH3 is 1. The minimum atomic E-state index is -0.704. The summed E-state index contributed by atoms with van der Waals surface area (Å²) in [5, 5.41) is 11.0. The number of hydrogen-bond donors (Lipinski definition) is 1. The third-order valence-electron chi connectivity index (χ3n) is 5.55. The molecule has 6 heteroatoms. The SMILES string of the molecule is COc1cccc2c1C(=O)c1c(cc(C)c(CCC3(C)OCCO3)c1O)C2=O. The lowest BCUT2D eigenvalue weighted by Gasteiger charge is -2.25. The Labute approximate surface area is 163 Å². The fraction of sp³-hybridized carbons (Fsp3) is 0.364. The molecule has 0 saturated carbocycles. The lowest BCUT2D eigenvalue weighted by molar-refractivity contribution is -0.146. The van der Waals surface area contributed by atoms with Gasteiger partial charge in [-0.15, -0.1) is 0 Å². The highest BCUT2D eigenvalue weighted by atomic mass is 16.7. The van der Waals surface area contributed by atoms with Crippen molar-refractivity contribution in [1.29, 1.82) is 0 Å². The molecule has 2 aliphatic rings. The number of phenolic OH excluding ortho intramolecular Hbond substituents is 1. The Bertz CT molecular complexity index is 985. The number of rotatable bonds is 4. The molecule has 6 nitrogen and oxygen atoms in total. The van der Waals surface area contributed by atoms with Gasteiger partial charge < -0.3 is 19.3 Å². The second-order valence-electron chi connectivity index (χ2n) is 7.32. The van der Waals surface area contributed by atoms with Crippen LogP contribution < -0.4 is 4.74 Å². The molecule has 0 radical (unpaired) electrons. The number of fused-ring (bicyclic) bond motifs is 2. The fourth-order valence-corrected chi connectivity index (χ4v) is 4.01. The summed E-state index contributed by atoms with van der Waals surface area (Å²) in [4.78, 5) is 26.2. The van der Waals surface area contributed by atoms with Gasteiger partial charge in [0.05, 0.1) is 31.5 Å². The molecule has 0 amide bonds. The molecule has 1 N–H and O–H groups in total. The van der Waals surface area contributed by atoms with Crippen molar-refractivity contribution in [2.24, 2.45) is 0 Å². The normalized spacial score (nSPS) is 17.4. The number of phenols is 1. The first-order chi connectivity index (χ1) is 13.4. The highest BCUT2D eigenvalue weighted by Crippen LogP contribution is 2.40. The summed E-state index contributed by atoms with van der Waals surface area (Å²) in [6.45, 7) is 4.76. The molecule has 2 aromatic rings. The molecule has 0 aromatic heterocycles. The van der Waals surface area contributed by atoms with Crippen molar-refractivity contribution in [3.8, 4) is 11.5 Å². The van der Waals surface area contributed by atoms with Crippen LogP contribution in [0.1, 0.15) is 56.3 Å². The average molecular weight is 382 g/mol. The number of carbonyl (C=O) groups is 2. The zero-order chi connectivity index (χ0) is 20.1. The summed E-state index contributed by atoms with van der Waals surface area (Å²) < 4.78 is 16.5. The van der Waals surface area contributed by atoms with E-state index >= 15 is 0 Å². The van der Waals surface area contributed by atoms with Crippen LogP contribution in [-0.2, 0) is 15.9 Å². The van der Waals surface area contributed by atoms with E-state index in [0.717, 1.165) is 5.56 Å². The molecular formula is C22H22O6. The van der Waals surface area contributed by atoms with Crippen LogP contribution >= 0.6 is 0 Å². The van der Waals surface area contributed by atoms with E-state index in [1.54, 1.807) is 24.3 Å². The van der Waals surface area contributed by atoms with E-state index in [9.17, 15) is 14.7 Å². The average Bonchev–Trinajstić information content (AvgIpc) is 3.11. The quantitative estimate of drug-likeness (QED) is 0.746. The monoisotopic (exact) mass is 382 g/mol. The summed E-state index contributed by atoms with van der Waals surface area (Å²) in [5.41, 5.74) is 2.14. The van der Waals surface area contributed by atoms with E-state index in [4.69, 9.17) is 14.2 Å². The second-order valence-corrected chi connectivity index (χ2v) is 7.32. The lowest BCUT2D eigenvalue weighted by Crippen LogP contribution is -2.27. The van der Waals surface area contributed by atoms with Crippen LogP contribution in [0.15, 0.2) is 24.3 Å². The zero-order valence-electron chi connectivity index (χ0n) is 16.1. The van der Waals surface area contributed by atoms with E-state index in [-0.39, 0.29) is 28.2 Å². The van der Waals surface area contributed by atoms with Gasteiger partial charge in [0.25, 0.3) is 0 Å². The Morgan fingerprint density at radius 2 is 1.82 bits per heavy atom. The van der Waals surface area contributed by atoms with Crippen LogP contribution in [-0.4, -0.2) is 42.8 Å². The predicted molar refractivity (Wildman–Crippen MR) is 101 cm³/mol. The summed E-state index contributed by atoms with van der Waals surface area (Å²) in [7, 11) is 1.45. The molecule has 1 aliphatic carbocycles. The molecular weight excluding hydrogens is 360 g/mol. The molecule has 146 valence electrons. The molecule has 4 rings (SSSR count). The van der Waals surface area contributed by atoms with E-state index in [2.05, 4.69) is 0 Å². The largest absolute Gasteiger partial charge is 0.507 e. The van der Waals surface area contributed by atoms with Gasteiger partial charge in [-0.1, -0.05) is 12.1 Å². The number of carbonyl (C=O) groups excluding carboxylic acids is 2. The Kier molecular flexibility index (Phi) is 4.48. The van der Waals surface area contributed by atoms with Crippen LogP contribution in [0.25, 0.3) is 0 Å². The maximum atomic E-state index is 13.2. The topological polar surface area (TPSA) is 82.1 Å². The molecule has 1 aliphatic heterocycles. The van der Waals surface area contributed by atoms with Crippen LogP contribution in [0.5, 0.6) is 11.5 Å². The Balaban J connectivity index is 1.79. The van der Waals surface area contributed by atoms with Crippen molar-refractivity contribution in [3.63, 3.8) is 0 Å². The highest BCUT2D eigenvalue weighted by Gasteiger charge is 2.37. The van der Waals surface area contributed by atoms with Crippen molar-refractivity contribution >= 4 is 11.6 Å². The summed E-state index contributed by atoms with van der Waals surface area (Å²) >= 11 is 0. The molecule has 0 unspecified atom stereocenters. The number of aromatic hydroxyl groups is 1. The Morgan fingerprint density at radius 3 is 2.50 bits per heavy atom. The van der Waals surface area contributed by atoms with Crippen molar-refractivity contribution in [3.05, 3.63) is 57.6 Å². The van der Waals surface area contributed by atoms with Crippen LogP contribution in [0.4, 0.5) is 0 Å². The smallest absolute Gasteiger partial charge is 0.201 e. The molecule has 2 aromatic carbocycles.